The van der Waals surface area contributed by atoms with Crippen LogP contribution in [-0.4, -0.2) is 30.1 Å². The highest BCUT2D eigenvalue weighted by atomic mass is 15.1. The van der Waals surface area contributed by atoms with E-state index in [1.54, 1.807) is 12.4 Å². The van der Waals surface area contributed by atoms with Crippen molar-refractivity contribution >= 4 is 11.6 Å². The fourth-order valence-electron chi connectivity index (χ4n) is 0.729. The van der Waals surface area contributed by atoms with Crippen molar-refractivity contribution in [3.05, 3.63) is 12.4 Å². The van der Waals surface area contributed by atoms with Gasteiger partial charge in [0.15, 0.2) is 0 Å². The second-order valence-electron chi connectivity index (χ2n) is 2.37. The molecule has 5 nitrogen and oxygen atoms in total. The molecule has 0 unspecified atom stereocenters. The minimum absolute atomic E-state index is 0.578. The molecular weight excluding hydrogens is 154 g/mol. The minimum atomic E-state index is 0.578. The molecule has 0 aliphatic rings. The lowest BCUT2D eigenvalue weighted by molar-refractivity contribution is 0.818. The van der Waals surface area contributed by atoms with Gasteiger partial charge in [0.05, 0.1) is 18.1 Å². The first kappa shape index (κ1) is 8.73. The lowest BCUT2D eigenvalue weighted by Crippen LogP contribution is -2.18. The minimum Gasteiger partial charge on any atom is -0.396 e. The average Bonchev–Trinajstić information content (AvgIpc) is 2.09. The molecule has 5 heteroatoms. The SMILES string of the molecule is CNCCNc1ncc(N)cn1. The molecule has 4 N–H and O–H groups in total. The maximum Gasteiger partial charge on any atom is 0.222 e. The summed E-state index contributed by atoms with van der Waals surface area (Å²) in [6.07, 6.45) is 3.16. The van der Waals surface area contributed by atoms with Crippen molar-refractivity contribution in [1.82, 2.24) is 15.3 Å². The van der Waals surface area contributed by atoms with Gasteiger partial charge >= 0.3 is 0 Å². The Morgan fingerprint density at radius 1 is 1.33 bits per heavy atom. The van der Waals surface area contributed by atoms with Gasteiger partial charge in [-0.2, -0.15) is 0 Å². The Morgan fingerprint density at radius 3 is 2.58 bits per heavy atom. The van der Waals surface area contributed by atoms with Crippen LogP contribution in [0.4, 0.5) is 11.6 Å². The maximum absolute atomic E-state index is 5.42. The van der Waals surface area contributed by atoms with Crippen LogP contribution in [0.25, 0.3) is 0 Å². The zero-order valence-corrected chi connectivity index (χ0v) is 7.04. The predicted molar refractivity (Wildman–Crippen MR) is 48.9 cm³/mol. The van der Waals surface area contributed by atoms with Crippen LogP contribution in [0.2, 0.25) is 0 Å². The molecule has 0 amide bonds. The highest BCUT2D eigenvalue weighted by Crippen LogP contribution is 1.99. The third-order valence-electron chi connectivity index (χ3n) is 1.33. The monoisotopic (exact) mass is 167 g/mol. The van der Waals surface area contributed by atoms with Crippen molar-refractivity contribution in [3.63, 3.8) is 0 Å². The molecule has 0 bridgehead atoms. The van der Waals surface area contributed by atoms with Crippen LogP contribution in [-0.2, 0) is 0 Å². The summed E-state index contributed by atoms with van der Waals surface area (Å²) in [4.78, 5) is 7.95. The molecule has 0 aliphatic heterocycles. The van der Waals surface area contributed by atoms with Gasteiger partial charge in [0.25, 0.3) is 0 Å². The molecule has 0 aromatic carbocycles. The van der Waals surface area contributed by atoms with Crippen LogP contribution < -0.4 is 16.4 Å². The van der Waals surface area contributed by atoms with Crippen LogP contribution in [0.3, 0.4) is 0 Å². The van der Waals surface area contributed by atoms with E-state index in [1.807, 2.05) is 7.05 Å². The van der Waals surface area contributed by atoms with Crippen molar-refractivity contribution in [2.75, 3.05) is 31.2 Å². The smallest absolute Gasteiger partial charge is 0.222 e. The first-order valence-corrected chi connectivity index (χ1v) is 3.79. The second kappa shape index (κ2) is 4.50. The summed E-state index contributed by atoms with van der Waals surface area (Å²) >= 11 is 0. The van der Waals surface area contributed by atoms with E-state index in [2.05, 4.69) is 20.6 Å². The number of hydrogen-bond acceptors (Lipinski definition) is 5. The number of aromatic nitrogens is 2. The topological polar surface area (TPSA) is 75.9 Å². The summed E-state index contributed by atoms with van der Waals surface area (Å²) in [5, 5.41) is 6.04. The molecular formula is C7H13N5. The molecule has 0 spiro atoms. The van der Waals surface area contributed by atoms with Gasteiger partial charge in [0.2, 0.25) is 5.95 Å². The zero-order valence-electron chi connectivity index (χ0n) is 7.04. The number of nitrogens with one attached hydrogen (secondary N) is 2. The lowest BCUT2D eigenvalue weighted by Gasteiger charge is -2.02. The van der Waals surface area contributed by atoms with Gasteiger partial charge in [-0.05, 0) is 7.05 Å². The fraction of sp³-hybridized carbons (Fsp3) is 0.429. The van der Waals surface area contributed by atoms with Gasteiger partial charge in [0, 0.05) is 13.1 Å². The standard InChI is InChI=1S/C7H13N5/c1-9-2-3-10-7-11-4-6(8)5-12-7/h4-5,9H,2-3,8H2,1H3,(H,10,11,12). The predicted octanol–water partition coefficient (Wildman–Crippen LogP) is -0.310. The van der Waals surface area contributed by atoms with Gasteiger partial charge < -0.3 is 16.4 Å². The Hall–Kier alpha value is -1.36. The molecule has 0 saturated carbocycles. The molecule has 1 heterocycles. The third kappa shape index (κ3) is 2.71. The summed E-state index contributed by atoms with van der Waals surface area (Å²) < 4.78 is 0. The number of nitrogens with two attached hydrogens (primary N) is 1. The summed E-state index contributed by atoms with van der Waals surface area (Å²) in [5.41, 5.74) is 5.99. The van der Waals surface area contributed by atoms with Gasteiger partial charge in [-0.3, -0.25) is 0 Å². The number of hydrogen-bond donors (Lipinski definition) is 3. The number of anilines is 2. The highest BCUT2D eigenvalue weighted by molar-refractivity contribution is 5.35. The van der Waals surface area contributed by atoms with E-state index in [0.717, 1.165) is 13.1 Å². The molecule has 66 valence electrons. The Kier molecular flexibility index (Phi) is 3.28. The van der Waals surface area contributed by atoms with Crippen LogP contribution in [0.15, 0.2) is 12.4 Å². The molecule has 0 saturated heterocycles. The molecule has 1 aromatic heterocycles. The normalized spacial score (nSPS) is 9.75. The van der Waals surface area contributed by atoms with Crippen LogP contribution in [0.1, 0.15) is 0 Å². The van der Waals surface area contributed by atoms with Crippen molar-refractivity contribution in [3.8, 4) is 0 Å². The first-order chi connectivity index (χ1) is 5.83. The van der Waals surface area contributed by atoms with E-state index in [0.29, 0.717) is 11.6 Å². The Labute approximate surface area is 71.4 Å². The molecule has 0 atom stereocenters. The van der Waals surface area contributed by atoms with E-state index in [4.69, 9.17) is 5.73 Å². The van der Waals surface area contributed by atoms with E-state index < -0.39 is 0 Å². The van der Waals surface area contributed by atoms with E-state index in [1.165, 1.54) is 0 Å². The summed E-state index contributed by atoms with van der Waals surface area (Å²) in [7, 11) is 1.89. The quantitative estimate of drug-likeness (QED) is 0.536. The van der Waals surface area contributed by atoms with Crippen molar-refractivity contribution < 1.29 is 0 Å². The second-order valence-corrected chi connectivity index (χ2v) is 2.37. The molecule has 0 aliphatic carbocycles. The molecule has 12 heavy (non-hydrogen) atoms. The van der Waals surface area contributed by atoms with Gasteiger partial charge in [0.1, 0.15) is 0 Å². The van der Waals surface area contributed by atoms with Crippen LogP contribution in [0.5, 0.6) is 0 Å². The molecule has 0 radical (unpaired) electrons. The van der Waals surface area contributed by atoms with Gasteiger partial charge in [-0.15, -0.1) is 0 Å². The van der Waals surface area contributed by atoms with Gasteiger partial charge in [-0.25, -0.2) is 9.97 Å². The van der Waals surface area contributed by atoms with Crippen LogP contribution >= 0.6 is 0 Å². The average molecular weight is 167 g/mol. The third-order valence-corrected chi connectivity index (χ3v) is 1.33. The number of nitrogens with zero attached hydrogens (tertiary/aromatic N) is 2. The van der Waals surface area contributed by atoms with Crippen molar-refractivity contribution in [1.29, 1.82) is 0 Å². The van der Waals surface area contributed by atoms with Gasteiger partial charge in [-0.1, -0.05) is 0 Å². The van der Waals surface area contributed by atoms with Crippen LogP contribution in [0, 0.1) is 0 Å². The van der Waals surface area contributed by atoms with E-state index in [9.17, 15) is 0 Å². The van der Waals surface area contributed by atoms with Crippen molar-refractivity contribution in [2.24, 2.45) is 0 Å². The summed E-state index contributed by atoms with van der Waals surface area (Å²) in [6, 6.07) is 0. The number of likely N-dealkylation sites (N-methyl/N-ethyl adjacent to an activating group) is 1. The Balaban J connectivity index is 2.37. The summed E-state index contributed by atoms with van der Waals surface area (Å²) in [6.45, 7) is 1.69. The number of nitrogen functional groups attached to an aromatic ring is 1. The molecule has 1 aromatic rings. The largest absolute Gasteiger partial charge is 0.396 e. The molecule has 1 rings (SSSR count). The highest BCUT2D eigenvalue weighted by Gasteiger charge is 1.92. The first-order valence-electron chi connectivity index (χ1n) is 3.79. The van der Waals surface area contributed by atoms with Crippen molar-refractivity contribution in [2.45, 2.75) is 0 Å². The van der Waals surface area contributed by atoms with E-state index in [-0.39, 0.29) is 0 Å². The lowest BCUT2D eigenvalue weighted by atomic mass is 10.5. The van der Waals surface area contributed by atoms with E-state index >= 15 is 0 Å². The summed E-state index contributed by atoms with van der Waals surface area (Å²) in [5.74, 6) is 0.611. The fourth-order valence-corrected chi connectivity index (χ4v) is 0.729. The molecule has 0 fully saturated rings. The Bertz CT molecular complexity index is 220. The maximum atomic E-state index is 5.42. The Morgan fingerprint density at radius 2 is 2.00 bits per heavy atom. The zero-order chi connectivity index (χ0) is 8.81. The number of rotatable bonds is 4.